The maximum Gasteiger partial charge on any atom is 0.0837 e. The van der Waals surface area contributed by atoms with E-state index in [0.717, 1.165) is 6.42 Å². The second-order valence-corrected chi connectivity index (χ2v) is 3.68. The van der Waals surface area contributed by atoms with Crippen LogP contribution in [0, 0.1) is 6.61 Å². The van der Waals surface area contributed by atoms with Crippen LogP contribution in [0.25, 0.3) is 0 Å². The molecule has 0 unspecified atom stereocenters. The van der Waals surface area contributed by atoms with E-state index < -0.39 is 0 Å². The first-order valence-corrected chi connectivity index (χ1v) is 5.40. The van der Waals surface area contributed by atoms with Crippen LogP contribution in [0.2, 0.25) is 0 Å². The molecule has 0 aromatic carbocycles. The summed E-state index contributed by atoms with van der Waals surface area (Å²) in [5, 5.41) is 0. The summed E-state index contributed by atoms with van der Waals surface area (Å²) in [4.78, 5) is 0. The van der Waals surface area contributed by atoms with Gasteiger partial charge in [0.05, 0.1) is 12.7 Å². The minimum absolute atomic E-state index is 0.533. The zero-order valence-corrected chi connectivity index (χ0v) is 8.22. The molecule has 71 valence electrons. The van der Waals surface area contributed by atoms with E-state index >= 15 is 0 Å². The maximum atomic E-state index is 5.64. The van der Waals surface area contributed by atoms with E-state index in [4.69, 9.17) is 4.74 Å². The smallest absolute Gasteiger partial charge is 0.0837 e. The summed E-state index contributed by atoms with van der Waals surface area (Å²) < 4.78 is 5.64. The average molecular weight is 169 g/mol. The lowest BCUT2D eigenvalue weighted by atomic mass is 9.99. The fourth-order valence-electron chi connectivity index (χ4n) is 1.79. The van der Waals surface area contributed by atoms with Crippen molar-refractivity contribution in [1.82, 2.24) is 0 Å². The lowest BCUT2D eigenvalue weighted by Crippen LogP contribution is -2.12. The van der Waals surface area contributed by atoms with Gasteiger partial charge in [-0.2, -0.15) is 0 Å². The third-order valence-electron chi connectivity index (χ3n) is 2.51. The third kappa shape index (κ3) is 4.10. The molecule has 1 nitrogen and oxygen atoms in total. The highest BCUT2D eigenvalue weighted by Crippen LogP contribution is 2.20. The molecule has 0 atom stereocenters. The Balaban J connectivity index is 2.11. The van der Waals surface area contributed by atoms with Crippen molar-refractivity contribution in [3.8, 4) is 0 Å². The van der Waals surface area contributed by atoms with Gasteiger partial charge >= 0.3 is 0 Å². The molecule has 0 heterocycles. The molecule has 0 bridgehead atoms. The average Bonchev–Trinajstić information content (AvgIpc) is 2.02. The molecule has 1 saturated carbocycles. The first-order chi connectivity index (χ1) is 5.93. The molecule has 1 aliphatic rings. The molecular weight excluding hydrogens is 148 g/mol. The predicted molar refractivity (Wildman–Crippen MR) is 51.8 cm³/mol. The molecule has 0 aliphatic heterocycles. The summed E-state index contributed by atoms with van der Waals surface area (Å²) in [6.45, 7) is 4.09. The second-order valence-electron chi connectivity index (χ2n) is 3.68. The van der Waals surface area contributed by atoms with Crippen LogP contribution >= 0.6 is 0 Å². The Labute approximate surface area is 76.5 Å². The maximum absolute atomic E-state index is 5.64. The van der Waals surface area contributed by atoms with Crippen molar-refractivity contribution in [3.63, 3.8) is 0 Å². The van der Waals surface area contributed by atoms with Crippen molar-refractivity contribution < 1.29 is 4.74 Å². The van der Waals surface area contributed by atoms with Crippen LogP contribution in [0.3, 0.4) is 0 Å². The summed E-state index contributed by atoms with van der Waals surface area (Å²) in [5.41, 5.74) is 0. The quantitative estimate of drug-likeness (QED) is 0.626. The van der Waals surface area contributed by atoms with Crippen LogP contribution in [0.15, 0.2) is 0 Å². The van der Waals surface area contributed by atoms with Crippen LogP contribution < -0.4 is 0 Å². The van der Waals surface area contributed by atoms with E-state index in [-0.39, 0.29) is 0 Å². The Kier molecular flexibility index (Phi) is 5.42. The molecule has 0 amide bonds. The molecule has 1 fully saturated rings. The third-order valence-corrected chi connectivity index (χ3v) is 2.51. The molecule has 0 saturated heterocycles. The minimum atomic E-state index is 0.533. The van der Waals surface area contributed by atoms with Gasteiger partial charge in [0.15, 0.2) is 0 Å². The lowest BCUT2D eigenvalue weighted by molar-refractivity contribution is 0.0792. The predicted octanol–water partition coefficient (Wildman–Crippen LogP) is 3.69. The lowest BCUT2D eigenvalue weighted by Gasteiger charge is -2.19. The Morgan fingerprint density at radius 2 is 1.67 bits per heavy atom. The van der Waals surface area contributed by atoms with E-state index in [9.17, 15) is 0 Å². The topological polar surface area (TPSA) is 9.23 Å². The molecule has 0 spiro atoms. The van der Waals surface area contributed by atoms with Gasteiger partial charge in [0.2, 0.25) is 0 Å². The summed E-state index contributed by atoms with van der Waals surface area (Å²) in [6.07, 6.45) is 11.1. The first-order valence-electron chi connectivity index (χ1n) is 5.40. The van der Waals surface area contributed by atoms with Crippen LogP contribution in [0.5, 0.6) is 0 Å². The molecule has 12 heavy (non-hydrogen) atoms. The summed E-state index contributed by atoms with van der Waals surface area (Å²) in [5.74, 6) is 0. The Bertz CT molecular complexity index is 90.4. The molecule has 1 rings (SSSR count). The van der Waals surface area contributed by atoms with Crippen LogP contribution in [0.1, 0.15) is 58.3 Å². The fraction of sp³-hybridized carbons (Fsp3) is 0.909. The van der Waals surface area contributed by atoms with Gasteiger partial charge in [-0.15, -0.1) is 0 Å². The molecule has 0 aromatic rings. The van der Waals surface area contributed by atoms with Gasteiger partial charge in [-0.3, -0.25) is 0 Å². The van der Waals surface area contributed by atoms with Crippen LogP contribution in [-0.4, -0.2) is 6.10 Å². The standard InChI is InChI=1S/C11H21O/c1-2-10-12-11-8-6-4-3-5-7-9-11/h10-11H,2-9H2,1H3. The van der Waals surface area contributed by atoms with E-state index in [2.05, 4.69) is 6.92 Å². The molecule has 0 N–H and O–H groups in total. The fourth-order valence-corrected chi connectivity index (χ4v) is 1.79. The van der Waals surface area contributed by atoms with Gasteiger partial charge in [-0.05, 0) is 19.3 Å². The van der Waals surface area contributed by atoms with Gasteiger partial charge in [0.1, 0.15) is 0 Å². The molecular formula is C11H21O. The van der Waals surface area contributed by atoms with E-state index in [0.29, 0.717) is 6.10 Å². The molecule has 1 aliphatic carbocycles. The van der Waals surface area contributed by atoms with Crippen LogP contribution in [-0.2, 0) is 4.74 Å². The van der Waals surface area contributed by atoms with Gasteiger partial charge in [-0.25, -0.2) is 0 Å². The number of hydrogen-bond acceptors (Lipinski definition) is 1. The second kappa shape index (κ2) is 6.47. The zero-order chi connectivity index (χ0) is 8.65. The number of rotatable bonds is 3. The van der Waals surface area contributed by atoms with Crippen molar-refractivity contribution in [3.05, 3.63) is 6.61 Å². The van der Waals surface area contributed by atoms with Crippen molar-refractivity contribution >= 4 is 0 Å². The summed E-state index contributed by atoms with van der Waals surface area (Å²) >= 11 is 0. The molecule has 1 radical (unpaired) electrons. The van der Waals surface area contributed by atoms with Gasteiger partial charge in [-0.1, -0.05) is 39.0 Å². The number of hydrogen-bond donors (Lipinski definition) is 0. The number of ether oxygens (including phenoxy) is 1. The van der Waals surface area contributed by atoms with Gasteiger partial charge in [0.25, 0.3) is 0 Å². The monoisotopic (exact) mass is 169 g/mol. The summed E-state index contributed by atoms with van der Waals surface area (Å²) in [6, 6.07) is 0. The Morgan fingerprint density at radius 3 is 2.25 bits per heavy atom. The largest absolute Gasteiger partial charge is 0.372 e. The summed E-state index contributed by atoms with van der Waals surface area (Å²) in [7, 11) is 0. The molecule has 1 heteroatoms. The van der Waals surface area contributed by atoms with Gasteiger partial charge < -0.3 is 4.74 Å². The van der Waals surface area contributed by atoms with Crippen molar-refractivity contribution in [2.45, 2.75) is 64.4 Å². The van der Waals surface area contributed by atoms with Crippen molar-refractivity contribution in [2.75, 3.05) is 0 Å². The SMILES string of the molecule is CC[CH]OC1CCCCCCC1. The van der Waals surface area contributed by atoms with Crippen molar-refractivity contribution in [2.24, 2.45) is 0 Å². The Morgan fingerprint density at radius 1 is 1.08 bits per heavy atom. The normalized spacial score (nSPS) is 21.8. The van der Waals surface area contributed by atoms with E-state index in [1.807, 2.05) is 6.61 Å². The van der Waals surface area contributed by atoms with Crippen LogP contribution in [0.4, 0.5) is 0 Å². The highest BCUT2D eigenvalue weighted by atomic mass is 16.5. The Hall–Kier alpha value is -0.0400. The van der Waals surface area contributed by atoms with E-state index in [1.54, 1.807) is 0 Å². The van der Waals surface area contributed by atoms with E-state index in [1.165, 1.54) is 44.9 Å². The van der Waals surface area contributed by atoms with Gasteiger partial charge in [0, 0.05) is 0 Å². The highest BCUT2D eigenvalue weighted by molar-refractivity contribution is 4.64. The zero-order valence-electron chi connectivity index (χ0n) is 8.22. The minimum Gasteiger partial charge on any atom is -0.372 e. The highest BCUT2D eigenvalue weighted by Gasteiger charge is 2.10. The molecule has 0 aromatic heterocycles. The first kappa shape index (κ1) is 10.0. The van der Waals surface area contributed by atoms with Crippen molar-refractivity contribution in [1.29, 1.82) is 0 Å².